The van der Waals surface area contributed by atoms with E-state index in [9.17, 15) is 14.4 Å². The molecule has 3 rings (SSSR count). The minimum Gasteiger partial charge on any atom is -0.351 e. The molecule has 0 saturated carbocycles. The number of rotatable bonds is 6. The van der Waals surface area contributed by atoms with Crippen LogP contribution in [0.1, 0.15) is 38.5 Å². The van der Waals surface area contributed by atoms with Gasteiger partial charge in [0, 0.05) is 37.3 Å². The van der Waals surface area contributed by atoms with Crippen molar-refractivity contribution in [1.82, 2.24) is 15.7 Å². The fourth-order valence-electron chi connectivity index (χ4n) is 3.21. The van der Waals surface area contributed by atoms with Gasteiger partial charge in [-0.15, -0.1) is 5.06 Å². The molecular formula is C15H22N4O4S. The lowest BCUT2D eigenvalue weighted by atomic mass is 10.0. The van der Waals surface area contributed by atoms with Gasteiger partial charge in [-0.3, -0.25) is 14.6 Å². The minimum atomic E-state index is -0.517. The third-order valence-electron chi connectivity index (χ3n) is 4.49. The van der Waals surface area contributed by atoms with Crippen molar-refractivity contribution in [3.63, 3.8) is 0 Å². The molecule has 0 radical (unpaired) electrons. The van der Waals surface area contributed by atoms with E-state index in [1.807, 2.05) is 11.8 Å². The number of nitrogens with one attached hydrogen (secondary N) is 2. The first-order valence-electron chi connectivity index (χ1n) is 8.26. The first-order chi connectivity index (χ1) is 11.6. The summed E-state index contributed by atoms with van der Waals surface area (Å²) in [6.07, 6.45) is 3.06. The summed E-state index contributed by atoms with van der Waals surface area (Å²) in [6.45, 7) is 0. The third-order valence-corrected chi connectivity index (χ3v) is 6.00. The Morgan fingerprint density at radius 1 is 1.29 bits per heavy atom. The fourth-order valence-corrected chi connectivity index (χ4v) is 4.75. The minimum absolute atomic E-state index is 0.123. The number of nitrogens with zero attached hydrogens (tertiary/aromatic N) is 2. The maximum atomic E-state index is 11.7. The molecule has 3 atom stereocenters. The molecule has 0 unspecified atom stereocenters. The van der Waals surface area contributed by atoms with Gasteiger partial charge in [-0.25, -0.2) is 4.79 Å². The number of carbonyl (C=O) groups is 3. The lowest BCUT2D eigenvalue weighted by Crippen LogP contribution is -2.36. The number of thioether (sulfide) groups is 1. The summed E-state index contributed by atoms with van der Waals surface area (Å²) in [5, 5.41) is 7.88. The van der Waals surface area contributed by atoms with Crippen LogP contribution >= 0.6 is 11.8 Å². The highest BCUT2D eigenvalue weighted by Gasteiger charge is 2.41. The molecule has 0 aromatic heterocycles. The Morgan fingerprint density at radius 2 is 2.04 bits per heavy atom. The summed E-state index contributed by atoms with van der Waals surface area (Å²) < 4.78 is 0. The van der Waals surface area contributed by atoms with Gasteiger partial charge in [0.2, 0.25) is 0 Å². The highest BCUT2D eigenvalue weighted by Crippen LogP contribution is 2.33. The molecule has 0 bridgehead atoms. The summed E-state index contributed by atoms with van der Waals surface area (Å²) >= 11 is 1.94. The Bertz CT molecular complexity index is 552. The van der Waals surface area contributed by atoms with Crippen LogP contribution in [0.4, 0.5) is 0 Å². The van der Waals surface area contributed by atoms with Crippen molar-refractivity contribution in [3.8, 4) is 0 Å². The van der Waals surface area contributed by atoms with Crippen LogP contribution in [0.25, 0.3) is 0 Å². The number of hydrogen-bond acceptors (Lipinski definition) is 6. The molecule has 3 aliphatic rings. The quantitative estimate of drug-likeness (QED) is 0.519. The molecule has 0 spiro atoms. The van der Waals surface area contributed by atoms with E-state index in [0.29, 0.717) is 28.8 Å². The van der Waals surface area contributed by atoms with E-state index >= 15 is 0 Å². The average Bonchev–Trinajstić information content (AvgIpc) is 3.22. The van der Waals surface area contributed by atoms with Gasteiger partial charge < -0.3 is 15.5 Å². The maximum absolute atomic E-state index is 11.7. The Labute approximate surface area is 144 Å². The Morgan fingerprint density at radius 3 is 2.75 bits per heavy atom. The SMILES string of the molecule is CN=C1N[C@H]2[C@H](CS[C@H]2CCCCC(=O)ON2C(=O)CCC2=O)N1. The normalized spacial score (nSPS) is 30.5. The number of unbranched alkanes of at least 4 members (excludes halogenated alkanes) is 1. The number of carbonyl (C=O) groups excluding carboxylic acids is 3. The van der Waals surface area contributed by atoms with E-state index in [2.05, 4.69) is 15.6 Å². The zero-order valence-electron chi connectivity index (χ0n) is 13.6. The van der Waals surface area contributed by atoms with Gasteiger partial charge in [-0.2, -0.15) is 11.8 Å². The highest BCUT2D eigenvalue weighted by atomic mass is 32.2. The zero-order valence-corrected chi connectivity index (χ0v) is 14.4. The van der Waals surface area contributed by atoms with Gasteiger partial charge in [0.25, 0.3) is 11.8 Å². The fraction of sp³-hybridized carbons (Fsp3) is 0.733. The van der Waals surface area contributed by atoms with Gasteiger partial charge in [0.15, 0.2) is 5.96 Å². The van der Waals surface area contributed by atoms with Crippen LogP contribution in [0.15, 0.2) is 4.99 Å². The number of amides is 2. The van der Waals surface area contributed by atoms with E-state index in [1.54, 1.807) is 7.05 Å². The molecule has 3 heterocycles. The second-order valence-electron chi connectivity index (χ2n) is 6.16. The van der Waals surface area contributed by atoms with Crippen molar-refractivity contribution in [2.75, 3.05) is 12.8 Å². The number of hydroxylamine groups is 2. The molecule has 3 aliphatic heterocycles. The molecule has 3 fully saturated rings. The molecule has 2 amide bonds. The largest absolute Gasteiger partial charge is 0.351 e. The molecule has 9 heteroatoms. The molecule has 8 nitrogen and oxygen atoms in total. The zero-order chi connectivity index (χ0) is 17.1. The first kappa shape index (κ1) is 17.1. The molecular weight excluding hydrogens is 332 g/mol. The van der Waals surface area contributed by atoms with Gasteiger partial charge in [-0.05, 0) is 12.8 Å². The third kappa shape index (κ3) is 3.66. The van der Waals surface area contributed by atoms with Crippen molar-refractivity contribution in [1.29, 1.82) is 0 Å². The number of fused-ring (bicyclic) bond motifs is 1. The summed E-state index contributed by atoms with van der Waals surface area (Å²) in [5.74, 6) is 0.531. The van der Waals surface area contributed by atoms with Crippen molar-refractivity contribution in [2.45, 2.75) is 55.9 Å². The van der Waals surface area contributed by atoms with Crippen LogP contribution in [0.5, 0.6) is 0 Å². The summed E-state index contributed by atoms with van der Waals surface area (Å²) in [5.41, 5.74) is 0. The molecule has 132 valence electrons. The van der Waals surface area contributed by atoms with E-state index < -0.39 is 17.8 Å². The van der Waals surface area contributed by atoms with Crippen molar-refractivity contribution >= 4 is 35.5 Å². The van der Waals surface area contributed by atoms with Crippen molar-refractivity contribution < 1.29 is 19.2 Å². The molecule has 3 saturated heterocycles. The summed E-state index contributed by atoms with van der Waals surface area (Å²) in [7, 11) is 1.76. The standard InChI is InChI=1S/C15H22N4O4S/c1-16-15-17-9-8-24-10(14(9)18-15)4-2-3-5-13(22)23-19-11(20)6-7-12(19)21/h9-10,14H,2-8H2,1H3,(H2,16,17,18)/t9-,10-,14-/m0/s1. The molecule has 0 aliphatic carbocycles. The molecule has 2 N–H and O–H groups in total. The number of aliphatic imine (C=N–C) groups is 1. The van der Waals surface area contributed by atoms with Crippen LogP contribution < -0.4 is 10.6 Å². The topological polar surface area (TPSA) is 100 Å². The van der Waals surface area contributed by atoms with E-state index in [-0.39, 0.29) is 19.3 Å². The molecule has 0 aromatic rings. The van der Waals surface area contributed by atoms with E-state index in [4.69, 9.17) is 4.84 Å². The average molecular weight is 354 g/mol. The predicted octanol–water partition coefficient (Wildman–Crippen LogP) is 0.185. The molecule has 24 heavy (non-hydrogen) atoms. The smallest absolute Gasteiger partial charge is 0.333 e. The van der Waals surface area contributed by atoms with Crippen molar-refractivity contribution in [3.05, 3.63) is 0 Å². The van der Waals surface area contributed by atoms with Crippen molar-refractivity contribution in [2.24, 2.45) is 4.99 Å². The van der Waals surface area contributed by atoms with Gasteiger partial charge in [-0.1, -0.05) is 6.42 Å². The number of guanidine groups is 1. The summed E-state index contributed by atoms with van der Waals surface area (Å²) in [4.78, 5) is 43.5. The van der Waals surface area contributed by atoms with Gasteiger partial charge in [0.1, 0.15) is 0 Å². The monoisotopic (exact) mass is 354 g/mol. The van der Waals surface area contributed by atoms with Crippen LogP contribution in [0.2, 0.25) is 0 Å². The van der Waals surface area contributed by atoms with Gasteiger partial charge in [0.05, 0.1) is 12.1 Å². The van der Waals surface area contributed by atoms with E-state index in [1.165, 1.54) is 0 Å². The Balaban J connectivity index is 1.35. The molecule has 0 aromatic carbocycles. The van der Waals surface area contributed by atoms with Crippen LogP contribution in [0, 0.1) is 0 Å². The second kappa shape index (κ2) is 7.42. The van der Waals surface area contributed by atoms with Crippen LogP contribution in [-0.2, 0) is 19.2 Å². The Kier molecular flexibility index (Phi) is 5.27. The number of hydrogen-bond donors (Lipinski definition) is 2. The maximum Gasteiger partial charge on any atom is 0.333 e. The lowest BCUT2D eigenvalue weighted by molar-refractivity contribution is -0.197. The van der Waals surface area contributed by atoms with Crippen LogP contribution in [-0.4, -0.2) is 58.9 Å². The lowest BCUT2D eigenvalue weighted by Gasteiger charge is -2.17. The van der Waals surface area contributed by atoms with Gasteiger partial charge >= 0.3 is 5.97 Å². The summed E-state index contributed by atoms with van der Waals surface area (Å²) in [6, 6.07) is 0.816. The first-order valence-corrected chi connectivity index (χ1v) is 9.31. The predicted molar refractivity (Wildman–Crippen MR) is 89.1 cm³/mol. The second-order valence-corrected chi connectivity index (χ2v) is 7.43. The highest BCUT2D eigenvalue weighted by molar-refractivity contribution is 8.00. The Hall–Kier alpha value is -1.77. The van der Waals surface area contributed by atoms with E-state index in [0.717, 1.165) is 24.6 Å². The number of imide groups is 1. The van der Waals surface area contributed by atoms with Crippen LogP contribution in [0.3, 0.4) is 0 Å².